The van der Waals surface area contributed by atoms with Crippen molar-refractivity contribution >= 4 is 29.2 Å². The molecule has 1 amide bonds. The fourth-order valence-corrected chi connectivity index (χ4v) is 2.85. The predicted molar refractivity (Wildman–Crippen MR) is 81.4 cm³/mol. The number of methoxy groups -OCH3 is 1. The minimum Gasteiger partial charge on any atom is -0.465 e. The van der Waals surface area contributed by atoms with Crippen molar-refractivity contribution in [1.29, 1.82) is 0 Å². The Kier molecular flexibility index (Phi) is 4.85. The fraction of sp³-hybridized carbons (Fsp3) is 0.467. The summed E-state index contributed by atoms with van der Waals surface area (Å²) in [4.78, 5) is 23.9. The highest BCUT2D eigenvalue weighted by atomic mass is 35.5. The summed E-state index contributed by atoms with van der Waals surface area (Å²) in [5.74, 6) is -0.739. The first-order valence-electron chi connectivity index (χ1n) is 6.90. The summed E-state index contributed by atoms with van der Waals surface area (Å²) >= 11 is 5.92. The zero-order valence-corrected chi connectivity index (χ0v) is 12.7. The van der Waals surface area contributed by atoms with Crippen LogP contribution in [0, 0.1) is 0 Å². The van der Waals surface area contributed by atoms with Gasteiger partial charge in [0, 0.05) is 17.0 Å². The molecular formula is C15H19ClN2O3. The normalized spacial score (nSPS) is 16.5. The lowest BCUT2D eigenvalue weighted by Crippen LogP contribution is -2.40. The summed E-state index contributed by atoms with van der Waals surface area (Å²) in [6.07, 6.45) is 4.03. The Morgan fingerprint density at radius 3 is 2.67 bits per heavy atom. The molecule has 6 heteroatoms. The van der Waals surface area contributed by atoms with Crippen LogP contribution in [0.25, 0.3) is 0 Å². The first-order valence-corrected chi connectivity index (χ1v) is 7.28. The van der Waals surface area contributed by atoms with Gasteiger partial charge in [-0.25, -0.2) is 4.79 Å². The number of nitrogens with one attached hydrogen (secondary N) is 1. The SMILES string of the molecule is COC(=O)c1ccc(Cl)cc1NC(=O)CC1(N)CCCC1. The molecule has 0 bridgehead atoms. The third kappa shape index (κ3) is 3.95. The molecule has 0 heterocycles. The van der Waals surface area contributed by atoms with E-state index in [0.717, 1.165) is 25.7 Å². The van der Waals surface area contributed by atoms with E-state index in [1.54, 1.807) is 6.07 Å². The quantitative estimate of drug-likeness (QED) is 0.838. The maximum absolute atomic E-state index is 12.2. The van der Waals surface area contributed by atoms with Gasteiger partial charge >= 0.3 is 5.97 Å². The number of nitrogens with two attached hydrogens (primary N) is 1. The van der Waals surface area contributed by atoms with Crippen LogP contribution in [-0.4, -0.2) is 24.5 Å². The van der Waals surface area contributed by atoms with Crippen LogP contribution in [0.3, 0.4) is 0 Å². The van der Waals surface area contributed by atoms with Gasteiger partial charge in [-0.05, 0) is 31.0 Å². The molecule has 2 rings (SSSR count). The molecule has 1 aromatic rings. The highest BCUT2D eigenvalue weighted by Gasteiger charge is 2.32. The summed E-state index contributed by atoms with van der Waals surface area (Å²) in [6, 6.07) is 4.63. The summed E-state index contributed by atoms with van der Waals surface area (Å²) in [7, 11) is 1.29. The van der Waals surface area contributed by atoms with Crippen LogP contribution in [0.2, 0.25) is 5.02 Å². The van der Waals surface area contributed by atoms with Crippen LogP contribution in [-0.2, 0) is 9.53 Å². The molecular weight excluding hydrogens is 292 g/mol. The van der Waals surface area contributed by atoms with E-state index in [-0.39, 0.29) is 17.9 Å². The average molecular weight is 311 g/mol. The first kappa shape index (κ1) is 15.8. The number of benzene rings is 1. The molecule has 0 saturated heterocycles. The van der Waals surface area contributed by atoms with E-state index < -0.39 is 11.5 Å². The highest BCUT2D eigenvalue weighted by Crippen LogP contribution is 2.30. The second-order valence-electron chi connectivity index (χ2n) is 5.48. The number of hydrogen-bond donors (Lipinski definition) is 2. The zero-order chi connectivity index (χ0) is 15.5. The Labute approximate surface area is 128 Å². The van der Waals surface area contributed by atoms with Gasteiger partial charge in [-0.3, -0.25) is 4.79 Å². The summed E-state index contributed by atoms with van der Waals surface area (Å²) in [5.41, 5.74) is 6.37. The smallest absolute Gasteiger partial charge is 0.339 e. The first-order chi connectivity index (χ1) is 9.93. The van der Waals surface area contributed by atoms with Crippen molar-refractivity contribution in [3.8, 4) is 0 Å². The molecule has 0 unspecified atom stereocenters. The third-order valence-corrected chi connectivity index (χ3v) is 4.01. The van der Waals surface area contributed by atoms with Gasteiger partial charge in [-0.2, -0.15) is 0 Å². The topological polar surface area (TPSA) is 81.4 Å². The van der Waals surface area contributed by atoms with Crippen molar-refractivity contribution in [2.24, 2.45) is 5.73 Å². The molecule has 1 aliphatic rings. The number of hydrogen-bond acceptors (Lipinski definition) is 4. The summed E-state index contributed by atoms with van der Waals surface area (Å²) in [5, 5.41) is 3.15. The van der Waals surface area contributed by atoms with Gasteiger partial charge in [0.2, 0.25) is 5.91 Å². The van der Waals surface area contributed by atoms with E-state index in [2.05, 4.69) is 5.32 Å². The third-order valence-electron chi connectivity index (χ3n) is 3.77. The maximum atomic E-state index is 12.2. The maximum Gasteiger partial charge on any atom is 0.339 e. The van der Waals surface area contributed by atoms with E-state index in [4.69, 9.17) is 22.1 Å². The predicted octanol–water partition coefficient (Wildman–Crippen LogP) is 2.73. The highest BCUT2D eigenvalue weighted by molar-refractivity contribution is 6.31. The van der Waals surface area contributed by atoms with E-state index in [9.17, 15) is 9.59 Å². The fourth-order valence-electron chi connectivity index (χ4n) is 2.68. The molecule has 3 N–H and O–H groups in total. The molecule has 1 saturated carbocycles. The van der Waals surface area contributed by atoms with E-state index in [1.165, 1.54) is 19.2 Å². The molecule has 1 aliphatic carbocycles. The molecule has 5 nitrogen and oxygen atoms in total. The largest absolute Gasteiger partial charge is 0.465 e. The number of esters is 1. The lowest BCUT2D eigenvalue weighted by atomic mass is 9.94. The van der Waals surface area contributed by atoms with Gasteiger partial charge in [-0.1, -0.05) is 24.4 Å². The van der Waals surface area contributed by atoms with Crippen molar-refractivity contribution in [3.05, 3.63) is 28.8 Å². The van der Waals surface area contributed by atoms with Gasteiger partial charge < -0.3 is 15.8 Å². The molecule has 0 aliphatic heterocycles. The monoisotopic (exact) mass is 310 g/mol. The Morgan fingerprint density at radius 2 is 2.05 bits per heavy atom. The van der Waals surface area contributed by atoms with Crippen molar-refractivity contribution in [2.75, 3.05) is 12.4 Å². The van der Waals surface area contributed by atoms with Crippen LogP contribution in [0.4, 0.5) is 5.69 Å². The Balaban J connectivity index is 2.12. The number of anilines is 1. The van der Waals surface area contributed by atoms with Gasteiger partial charge in [0.25, 0.3) is 0 Å². The van der Waals surface area contributed by atoms with E-state index in [0.29, 0.717) is 10.7 Å². The van der Waals surface area contributed by atoms with Crippen molar-refractivity contribution in [3.63, 3.8) is 0 Å². The Bertz CT molecular complexity index is 554. The standard InChI is InChI=1S/C15H19ClN2O3/c1-21-14(20)11-5-4-10(16)8-12(11)18-13(19)9-15(17)6-2-3-7-15/h4-5,8H,2-3,6-7,9,17H2,1H3,(H,18,19). The molecule has 0 spiro atoms. The van der Waals surface area contributed by atoms with E-state index in [1.807, 2.05) is 0 Å². The number of ether oxygens (including phenoxy) is 1. The van der Waals surface area contributed by atoms with E-state index >= 15 is 0 Å². The van der Waals surface area contributed by atoms with Crippen LogP contribution >= 0.6 is 11.6 Å². The Hall–Kier alpha value is -1.59. The minimum atomic E-state index is -0.523. The number of amides is 1. The van der Waals surface area contributed by atoms with Crippen LogP contribution in [0.1, 0.15) is 42.5 Å². The molecule has 0 aromatic heterocycles. The Morgan fingerprint density at radius 1 is 1.38 bits per heavy atom. The average Bonchev–Trinajstić information content (AvgIpc) is 2.84. The molecule has 114 valence electrons. The summed E-state index contributed by atoms with van der Waals surface area (Å²) in [6.45, 7) is 0. The van der Waals surface area contributed by atoms with Gasteiger partial charge in [0.15, 0.2) is 0 Å². The number of rotatable bonds is 4. The molecule has 21 heavy (non-hydrogen) atoms. The van der Waals surface area contributed by atoms with Gasteiger partial charge in [0.05, 0.1) is 18.4 Å². The zero-order valence-electron chi connectivity index (χ0n) is 11.9. The second kappa shape index (κ2) is 6.45. The molecule has 0 radical (unpaired) electrons. The van der Waals surface area contributed by atoms with Crippen molar-refractivity contribution in [1.82, 2.24) is 0 Å². The summed E-state index contributed by atoms with van der Waals surface area (Å²) < 4.78 is 4.69. The van der Waals surface area contributed by atoms with Crippen LogP contribution in [0.15, 0.2) is 18.2 Å². The number of halogens is 1. The van der Waals surface area contributed by atoms with Crippen molar-refractivity contribution < 1.29 is 14.3 Å². The van der Waals surface area contributed by atoms with Gasteiger partial charge in [0.1, 0.15) is 0 Å². The van der Waals surface area contributed by atoms with Crippen molar-refractivity contribution in [2.45, 2.75) is 37.6 Å². The molecule has 0 atom stereocenters. The molecule has 1 aromatic carbocycles. The minimum absolute atomic E-state index is 0.216. The van der Waals surface area contributed by atoms with Gasteiger partial charge in [-0.15, -0.1) is 0 Å². The lowest BCUT2D eigenvalue weighted by Gasteiger charge is -2.22. The lowest BCUT2D eigenvalue weighted by molar-refractivity contribution is -0.117. The number of carbonyl (C=O) groups is 2. The van der Waals surface area contributed by atoms with Crippen LogP contribution < -0.4 is 11.1 Å². The molecule has 1 fully saturated rings. The second-order valence-corrected chi connectivity index (χ2v) is 5.91. The number of carbonyl (C=O) groups excluding carboxylic acids is 2. The van der Waals surface area contributed by atoms with Crippen LogP contribution in [0.5, 0.6) is 0 Å².